The Morgan fingerprint density at radius 3 is 2.31 bits per heavy atom. The Labute approximate surface area is 157 Å². The van der Waals surface area contributed by atoms with Crippen molar-refractivity contribution in [2.24, 2.45) is 7.05 Å². The van der Waals surface area contributed by atoms with E-state index in [1.807, 2.05) is 49.6 Å². The van der Waals surface area contributed by atoms with Crippen molar-refractivity contribution in [2.75, 3.05) is 19.6 Å². The number of nitrogens with one attached hydrogen (secondary N) is 1. The molecule has 0 bridgehead atoms. The molecule has 1 fully saturated rings. The summed E-state index contributed by atoms with van der Waals surface area (Å²) in [5.41, 5.74) is 1.97. The Bertz CT molecular complexity index is 778. The largest absolute Gasteiger partial charge is 0.353 e. The zero-order valence-electron chi connectivity index (χ0n) is 15.5. The van der Waals surface area contributed by atoms with Crippen LogP contribution in [0.1, 0.15) is 43.0 Å². The molecule has 0 saturated carbocycles. The highest BCUT2D eigenvalue weighted by atomic mass is 32.2. The van der Waals surface area contributed by atoms with Crippen LogP contribution in [0, 0.1) is 0 Å². The van der Waals surface area contributed by atoms with E-state index in [1.54, 1.807) is 0 Å². The van der Waals surface area contributed by atoms with E-state index in [2.05, 4.69) is 20.3 Å². The molecule has 1 aliphatic heterocycles. The topological polar surface area (TPSA) is 54.3 Å². The maximum absolute atomic E-state index is 12.6. The van der Waals surface area contributed by atoms with Crippen LogP contribution in [0.25, 0.3) is 0 Å². The van der Waals surface area contributed by atoms with Crippen molar-refractivity contribution in [2.45, 2.75) is 37.5 Å². The van der Waals surface area contributed by atoms with Gasteiger partial charge in [0.2, 0.25) is 10.0 Å². The molecule has 5 nitrogen and oxygen atoms in total. The number of benzene rings is 1. The fourth-order valence-electron chi connectivity index (χ4n) is 3.70. The summed E-state index contributed by atoms with van der Waals surface area (Å²) in [6.07, 6.45) is 6.90. The van der Waals surface area contributed by atoms with E-state index in [0.717, 1.165) is 24.3 Å². The third-order valence-corrected chi connectivity index (χ3v) is 6.42. The van der Waals surface area contributed by atoms with E-state index in [0.29, 0.717) is 6.54 Å². The molecule has 0 amide bonds. The molecular weight excluding hydrogens is 346 g/mol. The van der Waals surface area contributed by atoms with E-state index < -0.39 is 10.0 Å². The molecule has 0 aliphatic carbocycles. The Morgan fingerprint density at radius 1 is 1.00 bits per heavy atom. The number of hydrogen-bond donors (Lipinski definition) is 1. The van der Waals surface area contributed by atoms with Crippen LogP contribution in [0.15, 0.2) is 48.7 Å². The fraction of sp³-hybridized carbons (Fsp3) is 0.500. The summed E-state index contributed by atoms with van der Waals surface area (Å²) >= 11 is 0. The molecule has 6 heteroatoms. The molecule has 26 heavy (non-hydrogen) atoms. The van der Waals surface area contributed by atoms with Crippen LogP contribution in [0.4, 0.5) is 0 Å². The molecule has 1 unspecified atom stereocenters. The van der Waals surface area contributed by atoms with Crippen LogP contribution in [-0.2, 0) is 22.8 Å². The zero-order valence-corrected chi connectivity index (χ0v) is 16.3. The van der Waals surface area contributed by atoms with Gasteiger partial charge in [-0.05, 0) is 43.6 Å². The predicted octanol–water partition coefficient (Wildman–Crippen LogP) is 3.06. The fourth-order valence-corrected chi connectivity index (χ4v) is 4.84. The Balaban J connectivity index is 1.72. The number of rotatable bonds is 7. The molecule has 2 aromatic rings. The first-order valence-corrected chi connectivity index (χ1v) is 11.1. The van der Waals surface area contributed by atoms with Crippen molar-refractivity contribution in [1.29, 1.82) is 0 Å². The van der Waals surface area contributed by atoms with Crippen LogP contribution in [0.3, 0.4) is 0 Å². The molecule has 0 spiro atoms. The van der Waals surface area contributed by atoms with Gasteiger partial charge in [-0.1, -0.05) is 43.2 Å². The van der Waals surface area contributed by atoms with E-state index in [1.165, 1.54) is 25.7 Å². The van der Waals surface area contributed by atoms with Crippen LogP contribution < -0.4 is 4.72 Å². The molecule has 1 N–H and O–H groups in total. The lowest BCUT2D eigenvalue weighted by Gasteiger charge is -2.31. The molecule has 1 aliphatic rings. The van der Waals surface area contributed by atoms with Crippen molar-refractivity contribution in [3.8, 4) is 0 Å². The standard InChI is InChI=1S/C20H29N3O2S/c1-22-13-9-12-19(22)20(23-14-7-2-3-8-15-23)16-21-26(24,25)17-18-10-5-4-6-11-18/h4-6,9-13,20-21H,2-3,7-8,14-17H2,1H3. The summed E-state index contributed by atoms with van der Waals surface area (Å²) in [5, 5.41) is 0. The van der Waals surface area contributed by atoms with Crippen molar-refractivity contribution in [1.82, 2.24) is 14.2 Å². The smallest absolute Gasteiger partial charge is 0.215 e. The molecule has 2 heterocycles. The molecule has 1 saturated heterocycles. The Hall–Kier alpha value is -1.63. The second kappa shape index (κ2) is 8.84. The second-order valence-electron chi connectivity index (χ2n) is 7.10. The highest BCUT2D eigenvalue weighted by molar-refractivity contribution is 7.88. The number of aromatic nitrogens is 1. The summed E-state index contributed by atoms with van der Waals surface area (Å²) in [6, 6.07) is 13.5. The quantitative estimate of drug-likeness (QED) is 0.809. The Kier molecular flexibility index (Phi) is 6.51. The van der Waals surface area contributed by atoms with Gasteiger partial charge in [0.05, 0.1) is 11.8 Å². The van der Waals surface area contributed by atoms with E-state index in [9.17, 15) is 8.42 Å². The van der Waals surface area contributed by atoms with Gasteiger partial charge in [-0.15, -0.1) is 0 Å². The normalized spacial score (nSPS) is 17.7. The maximum atomic E-state index is 12.6. The van der Waals surface area contributed by atoms with Gasteiger partial charge < -0.3 is 4.57 Å². The first kappa shape index (κ1) is 19.1. The lowest BCUT2D eigenvalue weighted by atomic mass is 10.1. The maximum Gasteiger partial charge on any atom is 0.215 e. The van der Waals surface area contributed by atoms with Crippen molar-refractivity contribution < 1.29 is 8.42 Å². The molecule has 142 valence electrons. The SMILES string of the molecule is Cn1cccc1C(CNS(=O)(=O)Cc1ccccc1)N1CCCCCC1. The van der Waals surface area contributed by atoms with Crippen LogP contribution in [-0.4, -0.2) is 37.5 Å². The van der Waals surface area contributed by atoms with Gasteiger partial charge in [-0.3, -0.25) is 4.90 Å². The van der Waals surface area contributed by atoms with Gasteiger partial charge in [-0.25, -0.2) is 13.1 Å². The number of aryl methyl sites for hydroxylation is 1. The molecule has 1 aromatic carbocycles. The number of nitrogens with zero attached hydrogens (tertiary/aromatic N) is 2. The lowest BCUT2D eigenvalue weighted by Crippen LogP contribution is -2.39. The second-order valence-corrected chi connectivity index (χ2v) is 8.91. The van der Waals surface area contributed by atoms with E-state index in [4.69, 9.17) is 0 Å². The third kappa shape index (κ3) is 5.19. The van der Waals surface area contributed by atoms with Crippen molar-refractivity contribution >= 4 is 10.0 Å². The van der Waals surface area contributed by atoms with Gasteiger partial charge in [0, 0.05) is 25.5 Å². The number of likely N-dealkylation sites (tertiary alicyclic amines) is 1. The van der Waals surface area contributed by atoms with Crippen LogP contribution in [0.5, 0.6) is 0 Å². The Morgan fingerprint density at radius 2 is 1.69 bits per heavy atom. The zero-order chi connectivity index (χ0) is 18.4. The third-order valence-electron chi connectivity index (χ3n) is 5.10. The molecule has 1 aromatic heterocycles. The molecule has 0 radical (unpaired) electrons. The average Bonchev–Trinajstić information content (AvgIpc) is 2.87. The number of hydrogen-bond acceptors (Lipinski definition) is 3. The highest BCUT2D eigenvalue weighted by Crippen LogP contribution is 2.24. The molecular formula is C20H29N3O2S. The molecule has 3 rings (SSSR count). The first-order chi connectivity index (χ1) is 12.6. The average molecular weight is 376 g/mol. The minimum Gasteiger partial charge on any atom is -0.353 e. The van der Waals surface area contributed by atoms with Gasteiger partial charge in [-0.2, -0.15) is 0 Å². The van der Waals surface area contributed by atoms with E-state index >= 15 is 0 Å². The van der Waals surface area contributed by atoms with Gasteiger partial charge in [0.25, 0.3) is 0 Å². The predicted molar refractivity (Wildman–Crippen MR) is 105 cm³/mol. The highest BCUT2D eigenvalue weighted by Gasteiger charge is 2.25. The van der Waals surface area contributed by atoms with Gasteiger partial charge in [0.1, 0.15) is 0 Å². The summed E-state index contributed by atoms with van der Waals surface area (Å²) in [7, 11) is -1.34. The summed E-state index contributed by atoms with van der Waals surface area (Å²) in [4.78, 5) is 2.44. The van der Waals surface area contributed by atoms with Crippen molar-refractivity contribution in [3.63, 3.8) is 0 Å². The molecule has 1 atom stereocenters. The number of sulfonamides is 1. The lowest BCUT2D eigenvalue weighted by molar-refractivity contribution is 0.199. The van der Waals surface area contributed by atoms with E-state index in [-0.39, 0.29) is 11.8 Å². The van der Waals surface area contributed by atoms with Gasteiger partial charge >= 0.3 is 0 Å². The summed E-state index contributed by atoms with van der Waals surface area (Å²) in [5.74, 6) is 0.0215. The summed E-state index contributed by atoms with van der Waals surface area (Å²) < 4.78 is 30.1. The van der Waals surface area contributed by atoms with Crippen molar-refractivity contribution in [3.05, 3.63) is 59.9 Å². The van der Waals surface area contributed by atoms with Gasteiger partial charge in [0.15, 0.2) is 0 Å². The van der Waals surface area contributed by atoms with Crippen LogP contribution >= 0.6 is 0 Å². The summed E-state index contributed by atoms with van der Waals surface area (Å²) in [6.45, 7) is 2.46. The monoisotopic (exact) mass is 375 g/mol. The minimum atomic E-state index is -3.37. The first-order valence-electron chi connectivity index (χ1n) is 9.42. The minimum absolute atomic E-state index is 0.0215. The van der Waals surface area contributed by atoms with Crippen LogP contribution in [0.2, 0.25) is 0 Å².